The van der Waals surface area contributed by atoms with Gasteiger partial charge in [0.2, 0.25) is 11.8 Å². The summed E-state index contributed by atoms with van der Waals surface area (Å²) in [5.74, 6) is 2.32. The molecule has 0 aliphatic carbocycles. The van der Waals surface area contributed by atoms with Crippen molar-refractivity contribution >= 4 is 34.1 Å². The first-order valence-electron chi connectivity index (χ1n) is 7.72. The first-order valence-corrected chi connectivity index (χ1v) is 9.52. The first-order chi connectivity index (χ1) is 10.9. The van der Waals surface area contributed by atoms with Gasteiger partial charge in [0.1, 0.15) is 5.76 Å². The Hall–Kier alpha value is -1.34. The van der Waals surface area contributed by atoms with Gasteiger partial charge in [0.15, 0.2) is 5.13 Å². The average Bonchev–Trinajstić information content (AvgIpc) is 3.11. The number of aromatic nitrogens is 2. The minimum Gasteiger partial charge on any atom is -0.445 e. The van der Waals surface area contributed by atoms with Crippen LogP contribution >= 0.6 is 23.1 Å². The van der Waals surface area contributed by atoms with Crippen molar-refractivity contribution in [1.82, 2.24) is 9.97 Å². The smallest absolute Gasteiger partial charge is 0.231 e. The van der Waals surface area contributed by atoms with Crippen molar-refractivity contribution in [2.75, 3.05) is 5.32 Å². The van der Waals surface area contributed by atoms with Crippen LogP contribution in [0.2, 0.25) is 0 Å². The number of rotatable bonds is 7. The number of nitrogens with one attached hydrogen (secondary N) is 1. The Balaban J connectivity index is 1.85. The summed E-state index contributed by atoms with van der Waals surface area (Å²) in [6.45, 7) is 7.80. The Morgan fingerprint density at radius 1 is 1.35 bits per heavy atom. The maximum absolute atomic E-state index is 11.9. The summed E-state index contributed by atoms with van der Waals surface area (Å²) in [5.41, 5.74) is -0.425. The lowest BCUT2D eigenvalue weighted by molar-refractivity contribution is -0.123. The number of unbranched alkanes of at least 4 members (excludes halogenated alkanes) is 1. The fourth-order valence-electron chi connectivity index (χ4n) is 1.68. The lowest BCUT2D eigenvalue weighted by Gasteiger charge is -2.15. The highest BCUT2D eigenvalue weighted by molar-refractivity contribution is 8.00. The SMILES string of the molecule is CCCCc1cnc(CSc2cnc(NC(=O)C(C)(C)C)s2)o1. The summed E-state index contributed by atoms with van der Waals surface area (Å²) in [6.07, 6.45) is 6.79. The van der Waals surface area contributed by atoms with Crippen LogP contribution in [0.1, 0.15) is 52.2 Å². The van der Waals surface area contributed by atoms with Gasteiger partial charge < -0.3 is 9.73 Å². The number of hydrogen-bond acceptors (Lipinski definition) is 6. The Kier molecular flexibility index (Phi) is 6.24. The highest BCUT2D eigenvalue weighted by atomic mass is 32.2. The number of amides is 1. The molecule has 1 N–H and O–H groups in total. The first kappa shape index (κ1) is 18.0. The molecule has 0 atom stereocenters. The second-order valence-electron chi connectivity index (χ2n) is 6.30. The Morgan fingerprint density at radius 3 is 2.83 bits per heavy atom. The van der Waals surface area contributed by atoms with Crippen LogP contribution in [0.3, 0.4) is 0 Å². The van der Waals surface area contributed by atoms with Crippen LogP contribution in [0, 0.1) is 5.41 Å². The monoisotopic (exact) mass is 353 g/mol. The van der Waals surface area contributed by atoms with Crippen molar-refractivity contribution in [3.05, 3.63) is 24.0 Å². The van der Waals surface area contributed by atoms with Crippen LogP contribution in [0.15, 0.2) is 21.0 Å². The van der Waals surface area contributed by atoms with Gasteiger partial charge in [-0.15, -0.1) is 11.8 Å². The highest BCUT2D eigenvalue weighted by Gasteiger charge is 2.22. The van der Waals surface area contributed by atoms with E-state index in [9.17, 15) is 4.79 Å². The molecule has 0 fully saturated rings. The molecule has 2 heterocycles. The molecule has 0 bridgehead atoms. The third kappa shape index (κ3) is 5.66. The normalized spacial score (nSPS) is 11.7. The third-order valence-corrected chi connectivity index (χ3v) is 5.19. The van der Waals surface area contributed by atoms with Crippen molar-refractivity contribution in [2.24, 2.45) is 5.41 Å². The molecule has 2 aromatic heterocycles. The molecule has 0 spiro atoms. The number of nitrogens with zero attached hydrogens (tertiary/aromatic N) is 2. The molecule has 0 aliphatic rings. The quantitative estimate of drug-likeness (QED) is 0.727. The van der Waals surface area contributed by atoms with E-state index in [1.807, 2.05) is 27.0 Å². The molecule has 23 heavy (non-hydrogen) atoms. The minimum absolute atomic E-state index is 0.0309. The average molecular weight is 354 g/mol. The van der Waals surface area contributed by atoms with Gasteiger partial charge in [0, 0.05) is 11.8 Å². The zero-order valence-corrected chi connectivity index (χ0v) is 15.6. The minimum atomic E-state index is -0.425. The summed E-state index contributed by atoms with van der Waals surface area (Å²) in [4.78, 5) is 20.5. The summed E-state index contributed by atoms with van der Waals surface area (Å²) < 4.78 is 6.74. The fourth-order valence-corrected chi connectivity index (χ4v) is 3.40. The summed E-state index contributed by atoms with van der Waals surface area (Å²) in [7, 11) is 0. The van der Waals surface area contributed by atoms with Crippen LogP contribution in [0.25, 0.3) is 0 Å². The molecule has 0 radical (unpaired) electrons. The van der Waals surface area contributed by atoms with Gasteiger partial charge in [0.05, 0.1) is 22.4 Å². The third-order valence-electron chi connectivity index (χ3n) is 3.10. The number of thiazole rings is 1. The van der Waals surface area contributed by atoms with E-state index >= 15 is 0 Å². The van der Waals surface area contributed by atoms with E-state index in [1.54, 1.807) is 18.0 Å². The van der Waals surface area contributed by atoms with Crippen molar-refractivity contribution in [2.45, 2.75) is 56.9 Å². The molecule has 0 saturated carbocycles. The lowest BCUT2D eigenvalue weighted by Crippen LogP contribution is -2.27. The summed E-state index contributed by atoms with van der Waals surface area (Å²) in [6, 6.07) is 0. The largest absolute Gasteiger partial charge is 0.445 e. The number of anilines is 1. The molecule has 0 unspecified atom stereocenters. The van der Waals surface area contributed by atoms with Crippen LogP contribution in [-0.4, -0.2) is 15.9 Å². The van der Waals surface area contributed by atoms with E-state index < -0.39 is 5.41 Å². The molecular weight excluding hydrogens is 330 g/mol. The number of carbonyl (C=O) groups excluding carboxylic acids is 1. The molecule has 2 aromatic rings. The number of aryl methyl sites for hydroxylation is 1. The molecule has 7 heteroatoms. The van der Waals surface area contributed by atoms with E-state index in [2.05, 4.69) is 22.2 Å². The standard InChI is InChI=1S/C16H23N3O2S2/c1-5-6-7-11-8-17-12(21-11)10-22-13-9-18-15(23-13)19-14(20)16(2,3)4/h8-9H,5-7,10H2,1-4H3,(H,18,19,20). The molecule has 0 aliphatic heterocycles. The fraction of sp³-hybridized carbons (Fsp3) is 0.562. The van der Waals surface area contributed by atoms with Crippen molar-refractivity contribution < 1.29 is 9.21 Å². The second kappa shape index (κ2) is 7.97. The molecule has 1 amide bonds. The van der Waals surface area contributed by atoms with Crippen LogP contribution in [-0.2, 0) is 17.0 Å². The van der Waals surface area contributed by atoms with Gasteiger partial charge >= 0.3 is 0 Å². The van der Waals surface area contributed by atoms with E-state index in [4.69, 9.17) is 4.42 Å². The van der Waals surface area contributed by atoms with E-state index in [1.165, 1.54) is 11.3 Å². The number of oxazole rings is 1. The van der Waals surface area contributed by atoms with Crippen molar-refractivity contribution in [3.63, 3.8) is 0 Å². The maximum atomic E-state index is 11.9. The van der Waals surface area contributed by atoms with E-state index in [0.29, 0.717) is 10.9 Å². The van der Waals surface area contributed by atoms with Gasteiger partial charge in [-0.05, 0) is 6.42 Å². The van der Waals surface area contributed by atoms with Crippen LogP contribution in [0.5, 0.6) is 0 Å². The second-order valence-corrected chi connectivity index (χ2v) is 8.61. The predicted octanol–water partition coefficient (Wildman–Crippen LogP) is 4.75. The van der Waals surface area contributed by atoms with Crippen LogP contribution in [0.4, 0.5) is 5.13 Å². The summed E-state index contributed by atoms with van der Waals surface area (Å²) in [5, 5.41) is 3.47. The van der Waals surface area contributed by atoms with Crippen molar-refractivity contribution in [1.29, 1.82) is 0 Å². The van der Waals surface area contributed by atoms with E-state index in [-0.39, 0.29) is 5.91 Å². The Labute approximate surface area is 145 Å². The molecule has 2 rings (SSSR count). The zero-order chi connectivity index (χ0) is 16.9. The molecular formula is C16H23N3O2S2. The Bertz CT molecular complexity index is 644. The molecule has 0 aromatic carbocycles. The lowest BCUT2D eigenvalue weighted by atomic mass is 9.96. The van der Waals surface area contributed by atoms with Gasteiger partial charge in [0.25, 0.3) is 0 Å². The van der Waals surface area contributed by atoms with Gasteiger partial charge in [-0.2, -0.15) is 0 Å². The highest BCUT2D eigenvalue weighted by Crippen LogP contribution is 2.31. The molecule has 126 valence electrons. The van der Waals surface area contributed by atoms with Gasteiger partial charge in [-0.1, -0.05) is 45.5 Å². The zero-order valence-electron chi connectivity index (χ0n) is 14.0. The Morgan fingerprint density at radius 2 is 2.13 bits per heavy atom. The number of thioether (sulfide) groups is 1. The molecule has 0 saturated heterocycles. The van der Waals surface area contributed by atoms with E-state index in [0.717, 1.165) is 35.1 Å². The van der Waals surface area contributed by atoms with Crippen LogP contribution < -0.4 is 5.32 Å². The van der Waals surface area contributed by atoms with Gasteiger partial charge in [-0.25, -0.2) is 9.97 Å². The topological polar surface area (TPSA) is 68.0 Å². The molecule has 5 nitrogen and oxygen atoms in total. The van der Waals surface area contributed by atoms with Crippen molar-refractivity contribution in [3.8, 4) is 0 Å². The number of hydrogen-bond donors (Lipinski definition) is 1. The predicted molar refractivity (Wildman–Crippen MR) is 94.9 cm³/mol. The summed E-state index contributed by atoms with van der Waals surface area (Å²) >= 11 is 3.08. The number of carbonyl (C=O) groups is 1. The van der Waals surface area contributed by atoms with Gasteiger partial charge in [-0.3, -0.25) is 4.79 Å². The maximum Gasteiger partial charge on any atom is 0.231 e.